The van der Waals surface area contributed by atoms with Crippen molar-refractivity contribution in [2.24, 2.45) is 0 Å². The van der Waals surface area contributed by atoms with E-state index in [4.69, 9.17) is 0 Å². The van der Waals surface area contributed by atoms with E-state index < -0.39 is 0 Å². The van der Waals surface area contributed by atoms with Gasteiger partial charge in [0, 0.05) is 42.1 Å². The van der Waals surface area contributed by atoms with Crippen molar-refractivity contribution in [1.82, 2.24) is 20.2 Å². The highest BCUT2D eigenvalue weighted by molar-refractivity contribution is 5.65. The van der Waals surface area contributed by atoms with E-state index in [1.165, 1.54) is 0 Å². The zero-order valence-corrected chi connectivity index (χ0v) is 12.5. The highest BCUT2D eigenvalue weighted by atomic mass is 15.1. The van der Waals surface area contributed by atoms with Gasteiger partial charge in [0.2, 0.25) is 0 Å². The third kappa shape index (κ3) is 3.20. The van der Waals surface area contributed by atoms with Gasteiger partial charge in [-0.1, -0.05) is 0 Å². The van der Waals surface area contributed by atoms with Crippen molar-refractivity contribution < 1.29 is 0 Å². The van der Waals surface area contributed by atoms with Crippen molar-refractivity contribution in [2.45, 2.75) is 13.8 Å². The van der Waals surface area contributed by atoms with E-state index in [1.807, 2.05) is 56.8 Å². The molecule has 0 radical (unpaired) electrons. The van der Waals surface area contributed by atoms with Crippen LogP contribution in [0.15, 0.2) is 55.3 Å². The van der Waals surface area contributed by atoms with Crippen molar-refractivity contribution in [1.29, 1.82) is 0 Å². The van der Waals surface area contributed by atoms with Crippen LogP contribution in [0.25, 0.3) is 16.7 Å². The second-order valence-corrected chi connectivity index (χ2v) is 5.13. The van der Waals surface area contributed by atoms with Gasteiger partial charge in [0.1, 0.15) is 5.82 Å². The Morgan fingerprint density at radius 3 is 2.73 bits per heavy atom. The van der Waals surface area contributed by atoms with Crippen molar-refractivity contribution in [3.63, 3.8) is 0 Å². The summed E-state index contributed by atoms with van der Waals surface area (Å²) in [5.74, 6) is 0.795. The predicted octanol–water partition coefficient (Wildman–Crippen LogP) is 3.65. The minimum Gasteiger partial charge on any atom is -0.346 e. The second-order valence-electron chi connectivity index (χ2n) is 5.13. The minimum atomic E-state index is 0.795. The first-order valence-corrected chi connectivity index (χ1v) is 7.03. The summed E-state index contributed by atoms with van der Waals surface area (Å²) in [4.78, 5) is 8.64. The van der Waals surface area contributed by atoms with E-state index >= 15 is 0 Å². The number of allylic oxidation sites excluding steroid dienone is 1. The maximum atomic E-state index is 4.43. The summed E-state index contributed by atoms with van der Waals surface area (Å²) in [7, 11) is 0. The predicted molar refractivity (Wildman–Crippen MR) is 88.1 cm³/mol. The lowest BCUT2D eigenvalue weighted by molar-refractivity contribution is 1.07. The van der Waals surface area contributed by atoms with Gasteiger partial charge in [0.15, 0.2) is 0 Å². The number of aryl methyl sites for hydroxylation is 1. The zero-order chi connectivity index (χ0) is 15.4. The first kappa shape index (κ1) is 14.0. The number of pyridine rings is 2. The molecule has 22 heavy (non-hydrogen) atoms. The van der Waals surface area contributed by atoms with E-state index in [0.29, 0.717) is 0 Å². The third-order valence-corrected chi connectivity index (χ3v) is 3.33. The van der Waals surface area contributed by atoms with Crippen molar-refractivity contribution >= 4 is 11.4 Å². The van der Waals surface area contributed by atoms with Crippen LogP contribution in [0, 0.1) is 6.92 Å². The fourth-order valence-corrected chi connectivity index (χ4v) is 2.10. The molecular formula is C17H17N5. The molecule has 0 amide bonds. The normalized spacial score (nSPS) is 11.5. The largest absolute Gasteiger partial charge is 0.346 e. The number of rotatable bonds is 4. The van der Waals surface area contributed by atoms with Gasteiger partial charge in [0.25, 0.3) is 0 Å². The van der Waals surface area contributed by atoms with Crippen LogP contribution >= 0.6 is 0 Å². The number of H-pyrrole nitrogens is 1. The molecule has 110 valence electrons. The van der Waals surface area contributed by atoms with Crippen LogP contribution in [0.5, 0.6) is 0 Å². The molecule has 0 aliphatic carbocycles. The van der Waals surface area contributed by atoms with Crippen molar-refractivity contribution in [3.05, 3.63) is 66.5 Å². The van der Waals surface area contributed by atoms with Gasteiger partial charge >= 0.3 is 0 Å². The molecule has 0 spiro atoms. The Labute approximate surface area is 129 Å². The lowest BCUT2D eigenvalue weighted by Crippen LogP contribution is -1.93. The fourth-order valence-electron chi connectivity index (χ4n) is 2.10. The molecule has 0 bridgehead atoms. The first-order valence-electron chi connectivity index (χ1n) is 7.03. The van der Waals surface area contributed by atoms with Crippen molar-refractivity contribution in [3.8, 4) is 11.1 Å². The summed E-state index contributed by atoms with van der Waals surface area (Å²) in [6.45, 7) is 4.04. The summed E-state index contributed by atoms with van der Waals surface area (Å²) in [6, 6.07) is 8.01. The number of hydrogen-bond donors (Lipinski definition) is 2. The first-order chi connectivity index (χ1) is 10.7. The van der Waals surface area contributed by atoms with Gasteiger partial charge in [-0.15, -0.1) is 0 Å². The summed E-state index contributed by atoms with van der Waals surface area (Å²) in [5.41, 5.74) is 5.30. The number of aromatic amines is 1. The molecule has 0 saturated heterocycles. The Morgan fingerprint density at radius 2 is 2.05 bits per heavy atom. The lowest BCUT2D eigenvalue weighted by Gasteiger charge is -2.05. The Bertz CT molecular complexity index is 773. The molecule has 0 fully saturated rings. The van der Waals surface area contributed by atoms with Crippen LogP contribution in [0.4, 0.5) is 5.82 Å². The molecule has 3 rings (SSSR count). The molecule has 0 atom stereocenters. The molecule has 0 unspecified atom stereocenters. The van der Waals surface area contributed by atoms with Crippen LogP contribution in [-0.2, 0) is 0 Å². The highest BCUT2D eigenvalue weighted by Crippen LogP contribution is 2.20. The number of anilines is 1. The number of nitrogens with one attached hydrogen (secondary N) is 2. The number of hydrogen-bond acceptors (Lipinski definition) is 4. The summed E-state index contributed by atoms with van der Waals surface area (Å²) in [5, 5.41) is 10.0. The highest BCUT2D eigenvalue weighted by Gasteiger charge is 2.00. The topological polar surface area (TPSA) is 66.5 Å². The SMILES string of the molecule is C/C(=C\Nc1ccc(-c2cncc(C)c2)cn1)c1ccn[nH]1. The smallest absolute Gasteiger partial charge is 0.129 e. The number of aromatic nitrogens is 4. The summed E-state index contributed by atoms with van der Waals surface area (Å²) >= 11 is 0. The van der Waals surface area contributed by atoms with E-state index in [9.17, 15) is 0 Å². The van der Waals surface area contributed by atoms with Crippen LogP contribution < -0.4 is 5.32 Å². The van der Waals surface area contributed by atoms with E-state index in [0.717, 1.165) is 33.8 Å². The standard InChI is InChI=1S/C17H17N5/c1-12-7-15(10-18-8-12)14-3-4-17(20-11-14)19-9-13(2)16-5-6-21-22-16/h3-11H,1-2H3,(H,19,20)(H,21,22)/b13-9+. The fraction of sp³-hybridized carbons (Fsp3) is 0.118. The molecule has 0 aliphatic rings. The van der Waals surface area contributed by atoms with E-state index in [1.54, 1.807) is 6.20 Å². The van der Waals surface area contributed by atoms with Gasteiger partial charge < -0.3 is 5.32 Å². The molecule has 5 heteroatoms. The Kier molecular flexibility index (Phi) is 3.96. The molecule has 3 aromatic heterocycles. The molecule has 0 saturated carbocycles. The summed E-state index contributed by atoms with van der Waals surface area (Å²) in [6.07, 6.45) is 9.17. The maximum Gasteiger partial charge on any atom is 0.129 e. The average Bonchev–Trinajstić information content (AvgIpc) is 3.08. The molecule has 5 nitrogen and oxygen atoms in total. The summed E-state index contributed by atoms with van der Waals surface area (Å²) < 4.78 is 0. The van der Waals surface area contributed by atoms with Crippen LogP contribution in [0.2, 0.25) is 0 Å². The molecule has 3 aromatic rings. The van der Waals surface area contributed by atoms with E-state index in [2.05, 4.69) is 31.5 Å². The van der Waals surface area contributed by atoms with Crippen LogP contribution in [0.3, 0.4) is 0 Å². The maximum absolute atomic E-state index is 4.43. The monoisotopic (exact) mass is 291 g/mol. The van der Waals surface area contributed by atoms with Crippen LogP contribution in [-0.4, -0.2) is 20.2 Å². The van der Waals surface area contributed by atoms with Gasteiger partial charge in [-0.25, -0.2) is 4.98 Å². The second kappa shape index (κ2) is 6.22. The molecule has 3 heterocycles. The Morgan fingerprint density at radius 1 is 1.14 bits per heavy atom. The van der Waals surface area contributed by atoms with Crippen LogP contribution in [0.1, 0.15) is 18.2 Å². The van der Waals surface area contributed by atoms with Gasteiger partial charge in [-0.3, -0.25) is 10.1 Å². The average molecular weight is 291 g/mol. The van der Waals surface area contributed by atoms with Crippen molar-refractivity contribution in [2.75, 3.05) is 5.32 Å². The third-order valence-electron chi connectivity index (χ3n) is 3.33. The minimum absolute atomic E-state index is 0.795. The molecule has 0 aliphatic heterocycles. The molecular weight excluding hydrogens is 274 g/mol. The van der Waals surface area contributed by atoms with Gasteiger partial charge in [-0.2, -0.15) is 5.10 Å². The zero-order valence-electron chi connectivity index (χ0n) is 12.5. The quantitative estimate of drug-likeness (QED) is 0.770. The van der Waals surface area contributed by atoms with Gasteiger partial charge in [0.05, 0.1) is 5.69 Å². The Balaban J connectivity index is 1.73. The number of nitrogens with zero attached hydrogens (tertiary/aromatic N) is 3. The van der Waals surface area contributed by atoms with Gasteiger partial charge in [-0.05, 0) is 49.2 Å². The Hall–Kier alpha value is -2.95. The van der Waals surface area contributed by atoms with E-state index in [-0.39, 0.29) is 0 Å². The molecule has 0 aromatic carbocycles. The lowest BCUT2D eigenvalue weighted by atomic mass is 10.1. The molecule has 2 N–H and O–H groups in total.